The molecule has 1 nitrogen and oxygen atoms in total. The molecule has 0 aliphatic heterocycles. The summed E-state index contributed by atoms with van der Waals surface area (Å²) in [6.07, 6.45) is 0. The van der Waals surface area contributed by atoms with E-state index in [0.717, 1.165) is 17.1 Å². The Hall–Kier alpha value is -5.96. The molecule has 0 N–H and O–H groups in total. The van der Waals surface area contributed by atoms with Crippen molar-refractivity contribution in [3.63, 3.8) is 0 Å². The Morgan fingerprint density at radius 1 is 0.308 bits per heavy atom. The minimum atomic E-state index is 1.12. The summed E-state index contributed by atoms with van der Waals surface area (Å²) >= 11 is 1.86. The zero-order valence-electron chi connectivity index (χ0n) is 30.3. The lowest BCUT2D eigenvalue weighted by molar-refractivity contribution is 1.28. The molecular formula is C50H43NS. The number of hydrogen-bond donors (Lipinski definition) is 0. The number of thiophene rings is 1. The van der Waals surface area contributed by atoms with Crippen molar-refractivity contribution < 1.29 is 0 Å². The number of anilines is 3. The van der Waals surface area contributed by atoms with E-state index in [1.54, 1.807) is 0 Å². The van der Waals surface area contributed by atoms with Crippen LogP contribution in [0, 0.1) is 0 Å². The molecule has 254 valence electrons. The minimum Gasteiger partial charge on any atom is -0.311 e. The van der Waals surface area contributed by atoms with Crippen molar-refractivity contribution in [2.24, 2.45) is 0 Å². The number of fused-ring (bicyclic) bond motifs is 4. The molecule has 0 aliphatic rings. The second-order valence-electron chi connectivity index (χ2n) is 12.2. The molecule has 0 radical (unpaired) electrons. The summed E-state index contributed by atoms with van der Waals surface area (Å²) < 4.78 is 2.66. The summed E-state index contributed by atoms with van der Waals surface area (Å²) in [5, 5.41) is 5.18. The van der Waals surface area contributed by atoms with Crippen LogP contribution >= 0.6 is 11.3 Å². The van der Waals surface area contributed by atoms with E-state index in [0.29, 0.717) is 0 Å². The molecule has 1 heterocycles. The van der Waals surface area contributed by atoms with Crippen molar-refractivity contribution in [3.8, 4) is 33.4 Å². The molecule has 0 aliphatic carbocycles. The fraction of sp³-hybridized carbons (Fsp3) is 0.0800. The Morgan fingerprint density at radius 3 is 1.35 bits per heavy atom. The lowest BCUT2D eigenvalue weighted by atomic mass is 10.0. The van der Waals surface area contributed by atoms with Crippen LogP contribution < -0.4 is 4.90 Å². The molecule has 0 spiro atoms. The number of rotatable bonds is 6. The molecule has 8 aromatic carbocycles. The van der Waals surface area contributed by atoms with Gasteiger partial charge in [0.05, 0.1) is 0 Å². The molecule has 0 saturated carbocycles. The van der Waals surface area contributed by atoms with Crippen LogP contribution in [0.15, 0.2) is 188 Å². The van der Waals surface area contributed by atoms with Gasteiger partial charge in [-0.15, -0.1) is 11.3 Å². The average Bonchev–Trinajstić information content (AvgIpc) is 3.61. The SMILES string of the molecule is CC.CC.c1ccc(-c2ccc(N(c3ccc(-c4ccc5ccccc5c4)cc3)c3ccc(-c4ccc5c(c4)sc4ccccc45)cc3)cc2)cc1. The molecule has 0 fully saturated rings. The van der Waals surface area contributed by atoms with Gasteiger partial charge in [0.15, 0.2) is 0 Å². The van der Waals surface area contributed by atoms with Gasteiger partial charge in [-0.05, 0) is 98.8 Å². The van der Waals surface area contributed by atoms with E-state index in [-0.39, 0.29) is 0 Å². The highest BCUT2D eigenvalue weighted by Crippen LogP contribution is 2.39. The largest absolute Gasteiger partial charge is 0.311 e. The van der Waals surface area contributed by atoms with Crippen molar-refractivity contribution in [3.05, 3.63) is 188 Å². The van der Waals surface area contributed by atoms with Crippen LogP contribution in [-0.4, -0.2) is 0 Å². The van der Waals surface area contributed by atoms with E-state index in [1.165, 1.54) is 64.3 Å². The van der Waals surface area contributed by atoms with Gasteiger partial charge >= 0.3 is 0 Å². The van der Waals surface area contributed by atoms with E-state index in [1.807, 2.05) is 39.0 Å². The maximum Gasteiger partial charge on any atom is 0.0462 e. The fourth-order valence-corrected chi connectivity index (χ4v) is 7.91. The van der Waals surface area contributed by atoms with Gasteiger partial charge in [0.1, 0.15) is 0 Å². The predicted octanol–water partition coefficient (Wildman–Crippen LogP) is 15.7. The van der Waals surface area contributed by atoms with Gasteiger partial charge in [-0.2, -0.15) is 0 Å². The van der Waals surface area contributed by atoms with Gasteiger partial charge in [0.2, 0.25) is 0 Å². The molecule has 0 amide bonds. The quantitative estimate of drug-likeness (QED) is 0.168. The molecule has 1 aromatic heterocycles. The minimum absolute atomic E-state index is 1.12. The van der Waals surface area contributed by atoms with Crippen LogP contribution in [0.2, 0.25) is 0 Å². The maximum atomic E-state index is 2.35. The lowest BCUT2D eigenvalue weighted by Crippen LogP contribution is -2.09. The van der Waals surface area contributed by atoms with Crippen molar-refractivity contribution in [2.45, 2.75) is 27.7 Å². The first-order valence-electron chi connectivity index (χ1n) is 18.3. The summed E-state index contributed by atoms with van der Waals surface area (Å²) in [6.45, 7) is 8.00. The summed E-state index contributed by atoms with van der Waals surface area (Å²) in [5.41, 5.74) is 10.7. The normalized spacial score (nSPS) is 10.7. The summed E-state index contributed by atoms with van der Waals surface area (Å²) in [4.78, 5) is 2.35. The van der Waals surface area contributed by atoms with Crippen molar-refractivity contribution in [1.82, 2.24) is 0 Å². The molecule has 52 heavy (non-hydrogen) atoms. The highest BCUT2D eigenvalue weighted by molar-refractivity contribution is 7.25. The second-order valence-corrected chi connectivity index (χ2v) is 13.3. The standard InChI is InChI=1S/C46H31NS.2C2H6/c1-2-8-32(9-3-1)34-16-23-40(24-17-34)47(41-25-18-35(19-26-41)38-15-14-33-10-4-5-11-37(33)30-38)42-27-20-36(21-28-42)39-22-29-44-43-12-6-7-13-45(43)48-46(44)31-39;2*1-2/h1-31H;2*1-2H3. The average molecular weight is 690 g/mol. The number of hydrogen-bond acceptors (Lipinski definition) is 2. The molecule has 9 aromatic rings. The number of nitrogens with zero attached hydrogens (tertiary/aromatic N) is 1. The third-order valence-corrected chi connectivity index (χ3v) is 10.4. The first-order chi connectivity index (χ1) is 25.8. The molecule has 2 heteroatoms. The van der Waals surface area contributed by atoms with Crippen LogP contribution in [0.3, 0.4) is 0 Å². The first kappa shape index (κ1) is 34.5. The van der Waals surface area contributed by atoms with Crippen molar-refractivity contribution >= 4 is 59.3 Å². The van der Waals surface area contributed by atoms with Crippen molar-refractivity contribution in [1.29, 1.82) is 0 Å². The zero-order chi connectivity index (χ0) is 35.9. The molecular weight excluding hydrogens is 647 g/mol. The predicted molar refractivity (Wildman–Crippen MR) is 231 cm³/mol. The smallest absolute Gasteiger partial charge is 0.0462 e. The molecule has 0 unspecified atom stereocenters. The van der Waals surface area contributed by atoms with Gasteiger partial charge in [0, 0.05) is 37.2 Å². The third-order valence-electron chi connectivity index (χ3n) is 9.28. The monoisotopic (exact) mass is 689 g/mol. The van der Waals surface area contributed by atoms with E-state index < -0.39 is 0 Å². The summed E-state index contributed by atoms with van der Waals surface area (Å²) in [6, 6.07) is 68.1. The van der Waals surface area contributed by atoms with E-state index in [2.05, 4.69) is 193 Å². The van der Waals surface area contributed by atoms with Crippen LogP contribution in [0.25, 0.3) is 64.3 Å². The van der Waals surface area contributed by atoms with Gasteiger partial charge in [-0.25, -0.2) is 0 Å². The first-order valence-corrected chi connectivity index (χ1v) is 19.2. The van der Waals surface area contributed by atoms with Crippen LogP contribution in [-0.2, 0) is 0 Å². The topological polar surface area (TPSA) is 3.24 Å². The zero-order valence-corrected chi connectivity index (χ0v) is 31.1. The second kappa shape index (κ2) is 15.9. The van der Waals surface area contributed by atoms with Crippen molar-refractivity contribution in [2.75, 3.05) is 4.90 Å². The molecule has 0 atom stereocenters. The van der Waals surface area contributed by atoms with Crippen LogP contribution in [0.5, 0.6) is 0 Å². The van der Waals surface area contributed by atoms with Crippen LogP contribution in [0.1, 0.15) is 27.7 Å². The molecule has 0 bridgehead atoms. The molecule has 9 rings (SSSR count). The summed E-state index contributed by atoms with van der Waals surface area (Å²) in [5.74, 6) is 0. The van der Waals surface area contributed by atoms with Crippen LogP contribution in [0.4, 0.5) is 17.1 Å². The van der Waals surface area contributed by atoms with Gasteiger partial charge in [-0.1, -0.05) is 161 Å². The highest BCUT2D eigenvalue weighted by Gasteiger charge is 2.14. The van der Waals surface area contributed by atoms with E-state index in [4.69, 9.17) is 0 Å². The Kier molecular flexibility index (Phi) is 10.6. The van der Waals surface area contributed by atoms with Gasteiger partial charge in [0.25, 0.3) is 0 Å². The van der Waals surface area contributed by atoms with Gasteiger partial charge < -0.3 is 4.90 Å². The maximum absolute atomic E-state index is 2.35. The Bertz CT molecular complexity index is 2530. The highest BCUT2D eigenvalue weighted by atomic mass is 32.1. The van der Waals surface area contributed by atoms with E-state index >= 15 is 0 Å². The number of benzene rings is 8. The Labute approximate surface area is 312 Å². The lowest BCUT2D eigenvalue weighted by Gasteiger charge is -2.26. The van der Waals surface area contributed by atoms with E-state index in [9.17, 15) is 0 Å². The summed E-state index contributed by atoms with van der Waals surface area (Å²) in [7, 11) is 0. The van der Waals surface area contributed by atoms with Gasteiger partial charge in [-0.3, -0.25) is 0 Å². The third kappa shape index (κ3) is 6.99. The fourth-order valence-electron chi connectivity index (χ4n) is 6.76. The Morgan fingerprint density at radius 2 is 0.731 bits per heavy atom. The Balaban J connectivity index is 0.00000102. The molecule has 0 saturated heterocycles.